The largest absolute Gasteiger partial charge is 0.488 e. The minimum absolute atomic E-state index is 0.151. The van der Waals surface area contributed by atoms with Gasteiger partial charge in [0.2, 0.25) is 0 Å². The highest BCUT2D eigenvalue weighted by molar-refractivity contribution is 7.13. The molecule has 0 saturated carbocycles. The first-order valence-electron chi connectivity index (χ1n) is 8.78. The quantitative estimate of drug-likeness (QED) is 0.647. The monoisotopic (exact) mass is 381 g/mol. The van der Waals surface area contributed by atoms with E-state index in [-0.39, 0.29) is 5.91 Å². The second-order valence-corrected chi connectivity index (χ2v) is 7.23. The van der Waals surface area contributed by atoms with Crippen LogP contribution in [0, 0.1) is 0 Å². The molecule has 0 aliphatic rings. The van der Waals surface area contributed by atoms with E-state index in [0.717, 1.165) is 28.4 Å². The Bertz CT molecular complexity index is 878. The average Bonchev–Trinajstić information content (AvgIpc) is 3.17. The molecule has 140 valence electrons. The maximum Gasteiger partial charge on any atom is 0.270 e. The summed E-state index contributed by atoms with van der Waals surface area (Å²) in [6.45, 7) is 1.87. The molecule has 3 rings (SSSR count). The summed E-state index contributed by atoms with van der Waals surface area (Å²) >= 11 is 1.44. The lowest BCUT2D eigenvalue weighted by atomic mass is 10.2. The summed E-state index contributed by atoms with van der Waals surface area (Å²) in [6.07, 6.45) is 0. The number of carbonyl (C=O) groups is 1. The standard InChI is InChI=1S/C21H23N3O2S/c1-24(2)13-12-22-20(25)18-15-27-21(23-18)17-10-6-7-11-19(17)26-14-16-8-4-3-5-9-16/h3-11,15H,12-14H2,1-2H3,(H,22,25). The molecule has 1 amide bonds. The minimum atomic E-state index is -0.151. The zero-order chi connectivity index (χ0) is 19.1. The molecule has 0 unspecified atom stereocenters. The van der Waals surface area contributed by atoms with E-state index >= 15 is 0 Å². The summed E-state index contributed by atoms with van der Waals surface area (Å²) in [5, 5.41) is 5.45. The van der Waals surface area contributed by atoms with Crippen LogP contribution in [-0.2, 0) is 6.61 Å². The van der Waals surface area contributed by atoms with Crippen molar-refractivity contribution in [3.05, 3.63) is 71.2 Å². The Morgan fingerprint density at radius 2 is 1.85 bits per heavy atom. The lowest BCUT2D eigenvalue weighted by Gasteiger charge is -2.10. The van der Waals surface area contributed by atoms with Crippen molar-refractivity contribution >= 4 is 17.2 Å². The van der Waals surface area contributed by atoms with Gasteiger partial charge in [-0.3, -0.25) is 4.79 Å². The molecular formula is C21H23N3O2S. The maximum atomic E-state index is 12.2. The molecule has 1 N–H and O–H groups in total. The van der Waals surface area contributed by atoms with Crippen molar-refractivity contribution < 1.29 is 9.53 Å². The number of para-hydroxylation sites is 1. The van der Waals surface area contributed by atoms with Crippen LogP contribution < -0.4 is 10.1 Å². The first kappa shape index (κ1) is 19.1. The van der Waals surface area contributed by atoms with E-state index < -0.39 is 0 Å². The molecule has 1 heterocycles. The summed E-state index contributed by atoms with van der Waals surface area (Å²) in [4.78, 5) is 18.8. The van der Waals surface area contributed by atoms with E-state index in [1.807, 2.05) is 73.6 Å². The molecule has 0 fully saturated rings. The number of thiazole rings is 1. The van der Waals surface area contributed by atoms with Crippen molar-refractivity contribution in [1.29, 1.82) is 0 Å². The van der Waals surface area contributed by atoms with Gasteiger partial charge >= 0.3 is 0 Å². The highest BCUT2D eigenvalue weighted by Gasteiger charge is 2.14. The van der Waals surface area contributed by atoms with Gasteiger partial charge in [-0.2, -0.15) is 0 Å². The number of hydrogen-bond acceptors (Lipinski definition) is 5. The molecule has 0 atom stereocenters. The van der Waals surface area contributed by atoms with Gasteiger partial charge in [-0.15, -0.1) is 11.3 Å². The third-order valence-corrected chi connectivity index (χ3v) is 4.81. The highest BCUT2D eigenvalue weighted by Crippen LogP contribution is 2.32. The first-order valence-corrected chi connectivity index (χ1v) is 9.66. The molecule has 0 bridgehead atoms. The van der Waals surface area contributed by atoms with Crippen molar-refractivity contribution in [2.45, 2.75) is 6.61 Å². The summed E-state index contributed by atoms with van der Waals surface area (Å²) in [5.74, 6) is 0.609. The zero-order valence-electron chi connectivity index (χ0n) is 15.5. The van der Waals surface area contributed by atoms with Gasteiger partial charge < -0.3 is 15.0 Å². The Kier molecular flexibility index (Phi) is 6.57. The van der Waals surface area contributed by atoms with Crippen LogP contribution in [0.4, 0.5) is 0 Å². The Labute approximate surface area is 163 Å². The molecular weight excluding hydrogens is 358 g/mol. The molecule has 27 heavy (non-hydrogen) atoms. The summed E-state index contributed by atoms with van der Waals surface area (Å²) in [5.41, 5.74) is 2.43. The van der Waals surface area contributed by atoms with Crippen LogP contribution in [0.2, 0.25) is 0 Å². The number of ether oxygens (including phenoxy) is 1. The molecule has 3 aromatic rings. The van der Waals surface area contributed by atoms with E-state index in [9.17, 15) is 4.79 Å². The molecule has 0 spiro atoms. The predicted molar refractivity (Wildman–Crippen MR) is 109 cm³/mol. The fourth-order valence-corrected chi connectivity index (χ4v) is 3.32. The van der Waals surface area contributed by atoms with Crippen LogP contribution in [0.15, 0.2) is 60.0 Å². The Morgan fingerprint density at radius 1 is 1.11 bits per heavy atom. The maximum absolute atomic E-state index is 12.2. The molecule has 1 aromatic heterocycles. The number of aromatic nitrogens is 1. The molecule has 0 aliphatic carbocycles. The van der Waals surface area contributed by atoms with Crippen LogP contribution in [0.3, 0.4) is 0 Å². The second-order valence-electron chi connectivity index (χ2n) is 6.37. The first-order chi connectivity index (χ1) is 13.1. The number of rotatable bonds is 8. The highest BCUT2D eigenvalue weighted by atomic mass is 32.1. The molecule has 0 radical (unpaired) electrons. The SMILES string of the molecule is CN(C)CCNC(=O)c1csc(-c2ccccc2OCc2ccccc2)n1. The number of hydrogen-bond donors (Lipinski definition) is 1. The number of amides is 1. The van der Waals surface area contributed by atoms with Gasteiger partial charge in [-0.05, 0) is 31.8 Å². The van der Waals surface area contributed by atoms with Crippen LogP contribution >= 0.6 is 11.3 Å². The smallest absolute Gasteiger partial charge is 0.270 e. The fraction of sp³-hybridized carbons (Fsp3) is 0.238. The normalized spacial score (nSPS) is 10.8. The van der Waals surface area contributed by atoms with E-state index in [4.69, 9.17) is 4.74 Å². The van der Waals surface area contributed by atoms with Crippen LogP contribution in [0.25, 0.3) is 10.6 Å². The number of nitrogens with zero attached hydrogens (tertiary/aromatic N) is 2. The zero-order valence-corrected chi connectivity index (χ0v) is 16.3. The molecule has 5 nitrogen and oxygen atoms in total. The third kappa shape index (κ3) is 5.39. The van der Waals surface area contributed by atoms with Crippen molar-refractivity contribution in [2.24, 2.45) is 0 Å². The van der Waals surface area contributed by atoms with Gasteiger partial charge in [0, 0.05) is 18.5 Å². The second kappa shape index (κ2) is 9.30. The summed E-state index contributed by atoms with van der Waals surface area (Å²) < 4.78 is 6.00. The lowest BCUT2D eigenvalue weighted by Crippen LogP contribution is -2.31. The molecule has 0 saturated heterocycles. The minimum Gasteiger partial charge on any atom is -0.488 e. The fourth-order valence-electron chi connectivity index (χ4n) is 2.49. The van der Waals surface area contributed by atoms with E-state index in [1.165, 1.54) is 11.3 Å². The van der Waals surface area contributed by atoms with Crippen LogP contribution in [0.5, 0.6) is 5.75 Å². The van der Waals surface area contributed by atoms with Gasteiger partial charge in [0.15, 0.2) is 0 Å². The number of carbonyl (C=O) groups excluding carboxylic acids is 1. The van der Waals surface area contributed by atoms with Crippen molar-refractivity contribution in [3.63, 3.8) is 0 Å². The van der Waals surface area contributed by atoms with Gasteiger partial charge in [-0.25, -0.2) is 4.98 Å². The lowest BCUT2D eigenvalue weighted by molar-refractivity contribution is 0.0947. The van der Waals surface area contributed by atoms with E-state index in [1.54, 1.807) is 5.38 Å². The summed E-state index contributed by atoms with van der Waals surface area (Å²) in [6, 6.07) is 17.8. The van der Waals surface area contributed by atoms with Gasteiger partial charge in [0.25, 0.3) is 5.91 Å². The van der Waals surface area contributed by atoms with Crippen LogP contribution in [-0.4, -0.2) is 43.0 Å². The topological polar surface area (TPSA) is 54.5 Å². The number of likely N-dealkylation sites (N-methyl/N-ethyl adjacent to an activating group) is 1. The Balaban J connectivity index is 1.70. The van der Waals surface area contributed by atoms with E-state index in [2.05, 4.69) is 10.3 Å². The van der Waals surface area contributed by atoms with Gasteiger partial charge in [0.1, 0.15) is 23.1 Å². The van der Waals surface area contributed by atoms with Gasteiger partial charge in [-0.1, -0.05) is 42.5 Å². The Morgan fingerprint density at radius 3 is 2.63 bits per heavy atom. The van der Waals surface area contributed by atoms with Crippen molar-refractivity contribution in [3.8, 4) is 16.3 Å². The number of nitrogens with one attached hydrogen (secondary N) is 1. The van der Waals surface area contributed by atoms with E-state index in [0.29, 0.717) is 18.8 Å². The molecule has 0 aliphatic heterocycles. The van der Waals surface area contributed by atoms with Gasteiger partial charge in [0.05, 0.1) is 5.56 Å². The molecule has 2 aromatic carbocycles. The number of benzene rings is 2. The predicted octanol–water partition coefficient (Wildman–Crippen LogP) is 3.68. The van der Waals surface area contributed by atoms with Crippen molar-refractivity contribution in [2.75, 3.05) is 27.2 Å². The van der Waals surface area contributed by atoms with Crippen molar-refractivity contribution in [1.82, 2.24) is 15.2 Å². The Hall–Kier alpha value is -2.70. The molecule has 6 heteroatoms. The third-order valence-electron chi connectivity index (χ3n) is 3.94. The van der Waals surface area contributed by atoms with Crippen LogP contribution in [0.1, 0.15) is 16.1 Å². The summed E-state index contributed by atoms with van der Waals surface area (Å²) in [7, 11) is 3.94. The average molecular weight is 382 g/mol.